The molecule has 1 amide bonds. The van der Waals surface area contributed by atoms with Crippen LogP contribution in [0.2, 0.25) is 0 Å². The number of nitrogens with two attached hydrogens (primary N) is 1. The minimum Gasteiger partial charge on any atom is -0.364 e. The number of hydrogen-bond acceptors (Lipinski definition) is 2. The average molecular weight is 261 g/mol. The first-order valence-electron chi connectivity index (χ1n) is 6.05. The van der Waals surface area contributed by atoms with Crippen molar-refractivity contribution in [1.82, 2.24) is 9.78 Å². The van der Waals surface area contributed by atoms with Crippen LogP contribution < -0.4 is 5.73 Å². The number of terminal acetylenes is 1. The Balaban J connectivity index is 2.31. The van der Waals surface area contributed by atoms with Crippen LogP contribution in [0.25, 0.3) is 16.6 Å². The fourth-order valence-corrected chi connectivity index (χ4v) is 2.17. The monoisotopic (exact) mass is 261 g/mol. The molecule has 0 bridgehead atoms. The second-order valence-electron chi connectivity index (χ2n) is 4.34. The van der Waals surface area contributed by atoms with E-state index in [2.05, 4.69) is 11.0 Å². The number of rotatable bonds is 2. The van der Waals surface area contributed by atoms with E-state index in [1.165, 1.54) is 0 Å². The molecule has 3 rings (SSSR count). The third kappa shape index (κ3) is 1.82. The summed E-state index contributed by atoms with van der Waals surface area (Å²) in [4.78, 5) is 11.5. The first-order chi connectivity index (χ1) is 9.70. The van der Waals surface area contributed by atoms with Crippen molar-refractivity contribution in [3.8, 4) is 18.0 Å². The topological polar surface area (TPSA) is 60.9 Å². The van der Waals surface area contributed by atoms with Gasteiger partial charge in [-0.25, -0.2) is 4.68 Å². The number of carbonyl (C=O) groups excluding carboxylic acids is 1. The van der Waals surface area contributed by atoms with Gasteiger partial charge in [-0.2, -0.15) is 5.10 Å². The van der Waals surface area contributed by atoms with E-state index in [1.807, 2.05) is 48.5 Å². The third-order valence-corrected chi connectivity index (χ3v) is 3.08. The van der Waals surface area contributed by atoms with Crippen LogP contribution in [0.4, 0.5) is 0 Å². The van der Waals surface area contributed by atoms with Crippen molar-refractivity contribution >= 4 is 16.8 Å². The number of nitrogens with zero attached hydrogens (tertiary/aromatic N) is 2. The third-order valence-electron chi connectivity index (χ3n) is 3.08. The van der Waals surface area contributed by atoms with Gasteiger partial charge < -0.3 is 5.73 Å². The second kappa shape index (κ2) is 4.56. The van der Waals surface area contributed by atoms with Crippen LogP contribution in [0.5, 0.6) is 0 Å². The average Bonchev–Trinajstić information content (AvgIpc) is 2.87. The molecule has 0 unspecified atom stereocenters. The van der Waals surface area contributed by atoms with Gasteiger partial charge in [-0.1, -0.05) is 30.2 Å². The number of fused-ring (bicyclic) bond motifs is 1. The Morgan fingerprint density at radius 2 is 2.00 bits per heavy atom. The molecule has 1 aromatic heterocycles. The molecule has 0 atom stereocenters. The van der Waals surface area contributed by atoms with Crippen molar-refractivity contribution in [3.63, 3.8) is 0 Å². The molecule has 0 fully saturated rings. The SMILES string of the molecule is C#Cc1cccc(-n2nc(C(N)=O)c3ccccc32)c1. The molecule has 1 heterocycles. The van der Waals surface area contributed by atoms with Gasteiger partial charge in [0.25, 0.3) is 5.91 Å². The van der Waals surface area contributed by atoms with Crippen molar-refractivity contribution in [3.05, 3.63) is 59.8 Å². The Morgan fingerprint density at radius 1 is 1.20 bits per heavy atom. The number of primary amides is 1. The predicted octanol–water partition coefficient (Wildman–Crippen LogP) is 2.11. The van der Waals surface area contributed by atoms with Gasteiger partial charge in [-0.05, 0) is 24.3 Å². The minimum atomic E-state index is -0.548. The van der Waals surface area contributed by atoms with Crippen LogP contribution >= 0.6 is 0 Å². The molecule has 20 heavy (non-hydrogen) atoms. The molecule has 0 radical (unpaired) electrons. The molecule has 0 saturated heterocycles. The molecular weight excluding hydrogens is 250 g/mol. The maximum atomic E-state index is 11.5. The maximum Gasteiger partial charge on any atom is 0.269 e. The summed E-state index contributed by atoms with van der Waals surface area (Å²) >= 11 is 0. The van der Waals surface area contributed by atoms with Crippen LogP contribution in [-0.4, -0.2) is 15.7 Å². The molecular formula is C16H11N3O. The smallest absolute Gasteiger partial charge is 0.269 e. The van der Waals surface area contributed by atoms with Crippen molar-refractivity contribution < 1.29 is 4.79 Å². The molecule has 0 spiro atoms. The summed E-state index contributed by atoms with van der Waals surface area (Å²) < 4.78 is 1.68. The highest BCUT2D eigenvalue weighted by atomic mass is 16.1. The Kier molecular flexibility index (Phi) is 2.73. The number of para-hydroxylation sites is 1. The van der Waals surface area contributed by atoms with E-state index in [4.69, 9.17) is 12.2 Å². The van der Waals surface area contributed by atoms with Crippen LogP contribution in [0, 0.1) is 12.3 Å². The first kappa shape index (κ1) is 12.0. The Hall–Kier alpha value is -3.06. The van der Waals surface area contributed by atoms with Gasteiger partial charge in [0.2, 0.25) is 0 Å². The number of aromatic nitrogens is 2. The molecule has 2 aromatic carbocycles. The lowest BCUT2D eigenvalue weighted by atomic mass is 10.2. The van der Waals surface area contributed by atoms with E-state index in [9.17, 15) is 4.79 Å². The van der Waals surface area contributed by atoms with Crippen molar-refractivity contribution in [1.29, 1.82) is 0 Å². The summed E-state index contributed by atoms with van der Waals surface area (Å²) in [6.07, 6.45) is 5.41. The normalized spacial score (nSPS) is 10.3. The number of carbonyl (C=O) groups is 1. The van der Waals surface area contributed by atoms with Crippen LogP contribution in [0.15, 0.2) is 48.5 Å². The van der Waals surface area contributed by atoms with Crippen LogP contribution in [0.1, 0.15) is 16.1 Å². The van der Waals surface area contributed by atoms with Gasteiger partial charge >= 0.3 is 0 Å². The summed E-state index contributed by atoms with van der Waals surface area (Å²) in [6, 6.07) is 14.8. The Morgan fingerprint density at radius 3 is 2.75 bits per heavy atom. The molecule has 4 heteroatoms. The van der Waals surface area contributed by atoms with E-state index in [1.54, 1.807) is 4.68 Å². The van der Waals surface area contributed by atoms with Crippen molar-refractivity contribution in [2.45, 2.75) is 0 Å². The summed E-state index contributed by atoms with van der Waals surface area (Å²) in [5, 5.41) is 5.04. The molecule has 2 N–H and O–H groups in total. The zero-order valence-electron chi connectivity index (χ0n) is 10.6. The summed E-state index contributed by atoms with van der Waals surface area (Å²) in [5.41, 5.74) is 8.00. The van der Waals surface area contributed by atoms with E-state index in [0.717, 1.165) is 22.2 Å². The second-order valence-corrected chi connectivity index (χ2v) is 4.34. The highest BCUT2D eigenvalue weighted by Crippen LogP contribution is 2.22. The molecule has 0 aliphatic carbocycles. The summed E-state index contributed by atoms with van der Waals surface area (Å²) in [5.74, 6) is 2.03. The Labute approximate surface area is 115 Å². The summed E-state index contributed by atoms with van der Waals surface area (Å²) in [6.45, 7) is 0. The molecule has 0 aliphatic heterocycles. The predicted molar refractivity (Wildman–Crippen MR) is 77.5 cm³/mol. The standard InChI is InChI=1S/C16H11N3O/c1-2-11-6-5-7-12(10-11)19-14-9-4-3-8-13(14)15(18-19)16(17)20/h1,3-10H,(H2,17,20). The summed E-state index contributed by atoms with van der Waals surface area (Å²) in [7, 11) is 0. The van der Waals surface area contributed by atoms with Gasteiger partial charge in [0.1, 0.15) is 0 Å². The fraction of sp³-hybridized carbons (Fsp3) is 0. The molecule has 96 valence electrons. The molecule has 3 aromatic rings. The Bertz CT molecular complexity index is 856. The van der Waals surface area contributed by atoms with Crippen molar-refractivity contribution in [2.24, 2.45) is 5.73 Å². The van der Waals surface area contributed by atoms with Crippen LogP contribution in [0.3, 0.4) is 0 Å². The van der Waals surface area contributed by atoms with Gasteiger partial charge in [-0.3, -0.25) is 4.79 Å². The number of amides is 1. The lowest BCUT2D eigenvalue weighted by Crippen LogP contribution is -2.12. The number of hydrogen-bond donors (Lipinski definition) is 1. The van der Waals surface area contributed by atoms with Gasteiger partial charge in [-0.15, -0.1) is 6.42 Å². The highest BCUT2D eigenvalue weighted by molar-refractivity contribution is 6.04. The zero-order chi connectivity index (χ0) is 14.1. The zero-order valence-corrected chi connectivity index (χ0v) is 10.6. The quantitative estimate of drug-likeness (QED) is 0.718. The van der Waals surface area contributed by atoms with E-state index in [-0.39, 0.29) is 5.69 Å². The fourth-order valence-electron chi connectivity index (χ4n) is 2.17. The highest BCUT2D eigenvalue weighted by Gasteiger charge is 2.15. The van der Waals surface area contributed by atoms with E-state index >= 15 is 0 Å². The molecule has 0 aliphatic rings. The minimum absolute atomic E-state index is 0.256. The lowest BCUT2D eigenvalue weighted by Gasteiger charge is -2.03. The van der Waals surface area contributed by atoms with Gasteiger partial charge in [0.15, 0.2) is 5.69 Å². The maximum absolute atomic E-state index is 11.5. The van der Waals surface area contributed by atoms with Crippen LogP contribution in [-0.2, 0) is 0 Å². The van der Waals surface area contributed by atoms with Crippen molar-refractivity contribution in [2.75, 3.05) is 0 Å². The number of benzene rings is 2. The lowest BCUT2D eigenvalue weighted by molar-refractivity contribution is 0.0996. The first-order valence-corrected chi connectivity index (χ1v) is 6.05. The van der Waals surface area contributed by atoms with E-state index in [0.29, 0.717) is 0 Å². The van der Waals surface area contributed by atoms with Gasteiger partial charge in [0.05, 0.1) is 11.2 Å². The largest absolute Gasteiger partial charge is 0.364 e. The van der Waals surface area contributed by atoms with E-state index < -0.39 is 5.91 Å². The molecule has 4 nitrogen and oxygen atoms in total. The van der Waals surface area contributed by atoms with Gasteiger partial charge in [0, 0.05) is 10.9 Å². The molecule has 0 saturated carbocycles.